The highest BCUT2D eigenvalue weighted by Crippen LogP contribution is 2.41. The number of fused-ring (bicyclic) bond motifs is 1. The molecule has 0 amide bonds. The molecule has 5 heteroatoms. The maximum Gasteiger partial charge on any atom is 0.171 e. The summed E-state index contributed by atoms with van der Waals surface area (Å²) in [6.07, 6.45) is 4.23. The van der Waals surface area contributed by atoms with Crippen LogP contribution < -0.4 is 0 Å². The van der Waals surface area contributed by atoms with Crippen molar-refractivity contribution in [3.63, 3.8) is 0 Å². The summed E-state index contributed by atoms with van der Waals surface area (Å²) >= 11 is 7.67. The summed E-state index contributed by atoms with van der Waals surface area (Å²) in [4.78, 5) is 5.91. The number of hydrogen-bond acceptors (Lipinski definition) is 3. The molecule has 4 aromatic rings. The molecule has 0 saturated heterocycles. The molecule has 3 aromatic heterocycles. The fraction of sp³-hybridized carbons (Fsp3) is 0.143. The Labute approximate surface area is 160 Å². The van der Waals surface area contributed by atoms with Crippen LogP contribution in [0.5, 0.6) is 0 Å². The average molecular weight is 376 g/mol. The molecule has 126 valence electrons. The zero-order valence-electron chi connectivity index (χ0n) is 13.8. The van der Waals surface area contributed by atoms with Crippen molar-refractivity contribution in [1.29, 1.82) is 0 Å². The van der Waals surface area contributed by atoms with Gasteiger partial charge < -0.3 is 0 Å². The van der Waals surface area contributed by atoms with E-state index in [4.69, 9.17) is 16.6 Å². The van der Waals surface area contributed by atoms with Crippen LogP contribution in [-0.2, 0) is 0 Å². The van der Waals surface area contributed by atoms with Gasteiger partial charge in [-0.25, -0.2) is 9.50 Å². The summed E-state index contributed by atoms with van der Waals surface area (Å²) < 4.78 is 1.95. The van der Waals surface area contributed by atoms with Crippen molar-refractivity contribution in [2.75, 3.05) is 0 Å². The van der Waals surface area contributed by atoms with Crippen LogP contribution in [0.15, 0.2) is 54.0 Å². The van der Waals surface area contributed by atoms with Gasteiger partial charge in [0.05, 0.1) is 22.3 Å². The normalized spacial score (nSPS) is 13.6. The van der Waals surface area contributed by atoms with Gasteiger partial charge in [0, 0.05) is 22.2 Å². The molecule has 0 spiro atoms. The molecule has 3 heterocycles. The van der Waals surface area contributed by atoms with Crippen molar-refractivity contribution < 1.29 is 0 Å². The zero-order valence-corrected chi connectivity index (χ0v) is 15.4. The van der Waals surface area contributed by atoms with Crippen LogP contribution in [0.2, 0.25) is 5.02 Å². The first-order valence-electron chi connectivity index (χ1n) is 8.48. The van der Waals surface area contributed by atoms with Gasteiger partial charge in [-0.05, 0) is 42.5 Å². The topological polar surface area (TPSA) is 30.2 Å². The molecule has 0 aliphatic heterocycles. The van der Waals surface area contributed by atoms with Gasteiger partial charge >= 0.3 is 0 Å². The van der Waals surface area contributed by atoms with E-state index in [1.54, 1.807) is 11.3 Å². The molecule has 0 atom stereocenters. The summed E-state index contributed by atoms with van der Waals surface area (Å²) in [5, 5.41) is 7.32. The first-order valence-corrected chi connectivity index (χ1v) is 9.74. The van der Waals surface area contributed by atoms with E-state index < -0.39 is 0 Å². The van der Waals surface area contributed by atoms with Crippen LogP contribution in [0.25, 0.3) is 16.9 Å². The second-order valence-corrected chi connectivity index (χ2v) is 7.75. The zero-order chi connectivity index (χ0) is 17.5. The Balaban J connectivity index is 1.67. The van der Waals surface area contributed by atoms with Gasteiger partial charge in [0.1, 0.15) is 0 Å². The van der Waals surface area contributed by atoms with Gasteiger partial charge in [-0.3, -0.25) is 0 Å². The summed E-state index contributed by atoms with van der Waals surface area (Å²) in [6, 6.07) is 14.0. The second-order valence-electron chi connectivity index (χ2n) is 6.37. The van der Waals surface area contributed by atoms with Crippen LogP contribution in [0.4, 0.5) is 0 Å². The SMILES string of the molecule is Clc1ccc(-c2cc(C3CC3)n3ncc(C#Cc4cccs4)c3n2)cc1. The number of nitrogens with zero attached hydrogens (tertiary/aromatic N) is 3. The lowest BCUT2D eigenvalue weighted by Crippen LogP contribution is -2.01. The fourth-order valence-electron chi connectivity index (χ4n) is 2.99. The number of aromatic nitrogens is 3. The summed E-state index contributed by atoms with van der Waals surface area (Å²) in [5.74, 6) is 7.01. The fourth-order valence-corrected chi connectivity index (χ4v) is 3.69. The van der Waals surface area contributed by atoms with Crippen LogP contribution in [0, 0.1) is 11.8 Å². The molecule has 0 radical (unpaired) electrons. The van der Waals surface area contributed by atoms with Crippen molar-refractivity contribution in [3.8, 4) is 23.1 Å². The average Bonchev–Trinajstić information content (AvgIpc) is 3.21. The molecule has 1 aliphatic rings. The minimum atomic E-state index is 0.560. The minimum absolute atomic E-state index is 0.560. The number of halogens is 1. The quantitative estimate of drug-likeness (QED) is 0.440. The van der Waals surface area contributed by atoms with Gasteiger partial charge in [-0.2, -0.15) is 5.10 Å². The van der Waals surface area contributed by atoms with Crippen LogP contribution in [-0.4, -0.2) is 14.6 Å². The Morgan fingerprint density at radius 3 is 2.69 bits per heavy atom. The third kappa shape index (κ3) is 2.90. The molecule has 1 saturated carbocycles. The maximum absolute atomic E-state index is 6.03. The van der Waals surface area contributed by atoms with Crippen molar-refractivity contribution in [3.05, 3.63) is 75.2 Å². The van der Waals surface area contributed by atoms with Crippen LogP contribution in [0.1, 0.15) is 34.9 Å². The van der Waals surface area contributed by atoms with E-state index >= 15 is 0 Å². The Kier molecular flexibility index (Phi) is 3.77. The predicted octanol–water partition coefficient (Wildman–Crippen LogP) is 5.39. The van der Waals surface area contributed by atoms with Crippen LogP contribution in [0.3, 0.4) is 0 Å². The molecule has 0 bridgehead atoms. The van der Waals surface area contributed by atoms with E-state index in [1.807, 2.05) is 52.5 Å². The molecule has 3 nitrogen and oxygen atoms in total. The third-order valence-electron chi connectivity index (χ3n) is 4.48. The lowest BCUT2D eigenvalue weighted by Gasteiger charge is -2.08. The molecule has 1 aromatic carbocycles. The Morgan fingerprint density at radius 1 is 1.12 bits per heavy atom. The Hall–Kier alpha value is -2.61. The first-order chi connectivity index (χ1) is 12.8. The summed E-state index contributed by atoms with van der Waals surface area (Å²) in [6.45, 7) is 0. The van der Waals surface area contributed by atoms with Gasteiger partial charge in [0.2, 0.25) is 0 Å². The van der Waals surface area contributed by atoms with E-state index in [9.17, 15) is 0 Å². The van der Waals surface area contributed by atoms with E-state index in [0.29, 0.717) is 5.92 Å². The van der Waals surface area contributed by atoms with E-state index in [0.717, 1.165) is 32.4 Å². The molecule has 26 heavy (non-hydrogen) atoms. The third-order valence-corrected chi connectivity index (χ3v) is 5.51. The van der Waals surface area contributed by atoms with Crippen LogP contribution >= 0.6 is 22.9 Å². The molecule has 1 fully saturated rings. The van der Waals surface area contributed by atoms with Crippen molar-refractivity contribution in [2.24, 2.45) is 0 Å². The summed E-state index contributed by atoms with van der Waals surface area (Å²) in [5.41, 5.74) is 4.89. The van der Waals surface area contributed by atoms with Gasteiger partial charge in [0.15, 0.2) is 5.65 Å². The van der Waals surface area contributed by atoms with E-state index in [-0.39, 0.29) is 0 Å². The first kappa shape index (κ1) is 15.6. The second kappa shape index (κ2) is 6.28. The highest BCUT2D eigenvalue weighted by Gasteiger charge is 2.28. The van der Waals surface area contributed by atoms with Crippen molar-refractivity contribution in [2.45, 2.75) is 18.8 Å². The summed E-state index contributed by atoms with van der Waals surface area (Å²) in [7, 11) is 0. The van der Waals surface area contributed by atoms with Gasteiger partial charge in [0.25, 0.3) is 0 Å². The maximum atomic E-state index is 6.03. The van der Waals surface area contributed by atoms with Crippen molar-refractivity contribution in [1.82, 2.24) is 14.6 Å². The largest absolute Gasteiger partial charge is 0.227 e. The molecule has 0 N–H and O–H groups in total. The van der Waals surface area contributed by atoms with E-state index in [2.05, 4.69) is 23.0 Å². The number of benzene rings is 1. The smallest absolute Gasteiger partial charge is 0.171 e. The van der Waals surface area contributed by atoms with Crippen molar-refractivity contribution >= 4 is 28.6 Å². The predicted molar refractivity (Wildman–Crippen MR) is 106 cm³/mol. The van der Waals surface area contributed by atoms with E-state index in [1.165, 1.54) is 18.5 Å². The number of rotatable bonds is 2. The number of thiophene rings is 1. The highest BCUT2D eigenvalue weighted by molar-refractivity contribution is 7.10. The highest BCUT2D eigenvalue weighted by atomic mass is 35.5. The molecular weight excluding hydrogens is 362 g/mol. The molecule has 0 unspecified atom stereocenters. The standard InChI is InChI=1S/C21H14ClN3S/c22-17-8-5-14(6-9-17)19-12-20(15-3-4-15)25-21(24-19)16(13-23-25)7-10-18-2-1-11-26-18/h1-2,5-6,8-9,11-13,15H,3-4H2. The Bertz CT molecular complexity index is 1140. The van der Waals surface area contributed by atoms with Gasteiger partial charge in [-0.1, -0.05) is 41.6 Å². The lowest BCUT2D eigenvalue weighted by molar-refractivity contribution is 0.844. The number of hydrogen-bond donors (Lipinski definition) is 0. The minimum Gasteiger partial charge on any atom is -0.227 e. The molecule has 1 aliphatic carbocycles. The van der Waals surface area contributed by atoms with Gasteiger partial charge in [-0.15, -0.1) is 11.3 Å². The molecule has 5 rings (SSSR count). The molecular formula is C21H14ClN3S. The lowest BCUT2D eigenvalue weighted by atomic mass is 10.1. The monoisotopic (exact) mass is 375 g/mol. The Morgan fingerprint density at radius 2 is 1.96 bits per heavy atom.